The number of hydrogen-bond acceptors (Lipinski definition) is 6. The molecule has 0 radical (unpaired) electrons. The monoisotopic (exact) mass is 371 g/mol. The molecule has 3 aromatic rings. The molecule has 1 aromatic carbocycles. The van der Waals surface area contributed by atoms with Gasteiger partial charge in [-0.1, -0.05) is 24.3 Å². The van der Waals surface area contributed by atoms with Gasteiger partial charge in [0.05, 0.1) is 11.3 Å². The zero-order valence-corrected chi connectivity index (χ0v) is 14.6. The molecule has 2 amide bonds. The summed E-state index contributed by atoms with van der Waals surface area (Å²) in [5.74, 6) is 0.0796. The summed E-state index contributed by atoms with van der Waals surface area (Å²) >= 11 is 1.52. The molecule has 7 nitrogen and oxygen atoms in total. The van der Waals surface area contributed by atoms with Crippen molar-refractivity contribution < 1.29 is 18.7 Å². The van der Waals surface area contributed by atoms with Crippen LogP contribution in [0.15, 0.2) is 58.5 Å². The van der Waals surface area contributed by atoms with Gasteiger partial charge in [0, 0.05) is 12.2 Å². The highest BCUT2D eigenvalue weighted by atomic mass is 32.1. The molecule has 0 unspecified atom stereocenters. The van der Waals surface area contributed by atoms with Crippen molar-refractivity contribution in [3.05, 3.63) is 59.8 Å². The van der Waals surface area contributed by atoms with E-state index >= 15 is 0 Å². The van der Waals surface area contributed by atoms with Crippen molar-refractivity contribution in [2.45, 2.75) is 13.0 Å². The van der Waals surface area contributed by atoms with Crippen LogP contribution in [0, 0.1) is 0 Å². The number of aromatic nitrogens is 1. The van der Waals surface area contributed by atoms with Gasteiger partial charge in [-0.2, -0.15) is 0 Å². The molecule has 3 rings (SSSR count). The third-order valence-corrected chi connectivity index (χ3v) is 4.17. The normalized spacial score (nSPS) is 10.3. The van der Waals surface area contributed by atoms with E-state index in [1.165, 1.54) is 17.6 Å². The molecule has 8 heteroatoms. The Balaban J connectivity index is 1.35. The van der Waals surface area contributed by atoms with E-state index < -0.39 is 5.97 Å². The average Bonchev–Trinajstić information content (AvgIpc) is 3.32. The van der Waals surface area contributed by atoms with Gasteiger partial charge in [-0.3, -0.25) is 4.79 Å². The summed E-state index contributed by atoms with van der Waals surface area (Å²) in [6.45, 7) is 0.209. The molecule has 0 atom stereocenters. The van der Waals surface area contributed by atoms with Crippen LogP contribution >= 0.6 is 11.3 Å². The number of hydrogen-bond donors (Lipinski definition) is 2. The van der Waals surface area contributed by atoms with E-state index in [-0.39, 0.29) is 25.6 Å². The van der Waals surface area contributed by atoms with E-state index in [0.717, 1.165) is 4.88 Å². The smallest absolute Gasteiger partial charge is 0.319 e. The molecule has 0 aliphatic heterocycles. The summed E-state index contributed by atoms with van der Waals surface area (Å²) < 4.78 is 10.5. The lowest BCUT2D eigenvalue weighted by atomic mass is 10.3. The van der Waals surface area contributed by atoms with E-state index in [9.17, 15) is 9.59 Å². The summed E-state index contributed by atoms with van der Waals surface area (Å²) in [6.07, 6.45) is 1.53. The summed E-state index contributed by atoms with van der Waals surface area (Å²) in [4.78, 5) is 28.6. The van der Waals surface area contributed by atoms with Gasteiger partial charge in [-0.05, 0) is 23.6 Å². The Kier molecular flexibility index (Phi) is 6.00. The molecule has 2 heterocycles. The molecule has 0 bridgehead atoms. The van der Waals surface area contributed by atoms with Gasteiger partial charge in [0.15, 0.2) is 0 Å². The van der Waals surface area contributed by atoms with E-state index in [4.69, 9.17) is 9.15 Å². The molecular weight excluding hydrogens is 354 g/mol. The van der Waals surface area contributed by atoms with Gasteiger partial charge in [-0.15, -0.1) is 11.3 Å². The minimum absolute atomic E-state index is 0.0317. The van der Waals surface area contributed by atoms with E-state index in [1.807, 2.05) is 35.7 Å². The zero-order valence-electron chi connectivity index (χ0n) is 13.8. The van der Waals surface area contributed by atoms with Crippen LogP contribution in [0.1, 0.15) is 12.1 Å². The molecule has 0 saturated heterocycles. The van der Waals surface area contributed by atoms with Gasteiger partial charge >= 0.3 is 12.0 Å². The highest BCUT2D eigenvalue weighted by Crippen LogP contribution is 2.23. The minimum atomic E-state index is -0.425. The van der Waals surface area contributed by atoms with Crippen molar-refractivity contribution in [3.63, 3.8) is 0 Å². The molecule has 0 spiro atoms. The fourth-order valence-corrected chi connectivity index (χ4v) is 2.74. The highest BCUT2D eigenvalue weighted by Gasteiger charge is 2.10. The Morgan fingerprint density at radius 3 is 2.77 bits per heavy atom. The first-order valence-electron chi connectivity index (χ1n) is 7.94. The van der Waals surface area contributed by atoms with Gasteiger partial charge < -0.3 is 19.8 Å². The summed E-state index contributed by atoms with van der Waals surface area (Å²) in [7, 11) is 0. The maximum absolute atomic E-state index is 11.7. The van der Waals surface area contributed by atoms with Crippen molar-refractivity contribution in [2.24, 2.45) is 0 Å². The van der Waals surface area contributed by atoms with Gasteiger partial charge in [0.2, 0.25) is 5.89 Å². The molecule has 0 fully saturated rings. The fourth-order valence-electron chi connectivity index (χ4n) is 2.09. The van der Waals surface area contributed by atoms with Crippen LogP contribution in [0.3, 0.4) is 0 Å². The fraction of sp³-hybridized carbons (Fsp3) is 0.167. The molecule has 26 heavy (non-hydrogen) atoms. The number of esters is 1. The van der Waals surface area contributed by atoms with Crippen LogP contribution in [-0.2, 0) is 16.1 Å². The Labute approximate surface area is 154 Å². The van der Waals surface area contributed by atoms with Gasteiger partial charge in [0.25, 0.3) is 0 Å². The molecule has 0 saturated carbocycles. The van der Waals surface area contributed by atoms with Crippen LogP contribution in [-0.4, -0.2) is 23.5 Å². The van der Waals surface area contributed by atoms with Crippen molar-refractivity contribution in [3.8, 4) is 10.8 Å². The molecular formula is C18H17N3O4S. The molecule has 0 aliphatic rings. The van der Waals surface area contributed by atoms with E-state index in [0.29, 0.717) is 17.3 Å². The lowest BCUT2D eigenvalue weighted by Crippen LogP contribution is -2.30. The number of para-hydroxylation sites is 1. The number of carbonyl (C=O) groups excluding carboxylic acids is 2. The first-order valence-corrected chi connectivity index (χ1v) is 8.82. The molecule has 0 aliphatic carbocycles. The highest BCUT2D eigenvalue weighted by molar-refractivity contribution is 7.13. The molecule has 2 aromatic heterocycles. The number of nitrogens with one attached hydrogen (secondary N) is 2. The number of urea groups is 1. The average molecular weight is 371 g/mol. The Hall–Kier alpha value is -3.13. The number of thiophene rings is 1. The van der Waals surface area contributed by atoms with Gasteiger partial charge in [0.1, 0.15) is 18.6 Å². The number of benzene rings is 1. The van der Waals surface area contributed by atoms with Crippen molar-refractivity contribution >= 4 is 29.0 Å². The van der Waals surface area contributed by atoms with E-state index in [1.54, 1.807) is 12.1 Å². The number of nitrogens with zero attached hydrogens (tertiary/aromatic N) is 1. The van der Waals surface area contributed by atoms with Crippen molar-refractivity contribution in [2.75, 3.05) is 11.9 Å². The second kappa shape index (κ2) is 8.82. The van der Waals surface area contributed by atoms with Crippen LogP contribution in [0.25, 0.3) is 10.8 Å². The first-order chi connectivity index (χ1) is 12.7. The predicted molar refractivity (Wildman–Crippen MR) is 97.7 cm³/mol. The molecule has 2 N–H and O–H groups in total. The topological polar surface area (TPSA) is 93.5 Å². The number of oxazole rings is 1. The minimum Gasteiger partial charge on any atom is -0.459 e. The van der Waals surface area contributed by atoms with E-state index in [2.05, 4.69) is 15.6 Å². The third-order valence-electron chi connectivity index (χ3n) is 3.31. The summed E-state index contributed by atoms with van der Waals surface area (Å²) in [5.41, 5.74) is 1.22. The predicted octanol–water partition coefficient (Wildman–Crippen LogP) is 3.66. The maximum Gasteiger partial charge on any atom is 0.319 e. The number of amides is 2. The van der Waals surface area contributed by atoms with Crippen LogP contribution < -0.4 is 10.6 Å². The Morgan fingerprint density at radius 2 is 2.00 bits per heavy atom. The SMILES string of the molecule is O=C(NCCC(=O)OCc1coc(-c2cccs2)n1)Nc1ccccc1. The lowest BCUT2D eigenvalue weighted by molar-refractivity contribution is -0.144. The van der Waals surface area contributed by atoms with Crippen molar-refractivity contribution in [1.29, 1.82) is 0 Å². The number of rotatable bonds is 7. The first kappa shape index (κ1) is 17.7. The lowest BCUT2D eigenvalue weighted by Gasteiger charge is -2.07. The quantitative estimate of drug-likeness (QED) is 0.618. The second-order valence-electron chi connectivity index (χ2n) is 5.28. The zero-order chi connectivity index (χ0) is 18.2. The Morgan fingerprint density at radius 1 is 1.15 bits per heavy atom. The van der Waals surface area contributed by atoms with Gasteiger partial charge in [-0.25, -0.2) is 9.78 Å². The largest absolute Gasteiger partial charge is 0.459 e. The summed E-state index contributed by atoms with van der Waals surface area (Å²) in [5, 5.41) is 7.20. The van der Waals surface area contributed by atoms with Crippen LogP contribution in [0.2, 0.25) is 0 Å². The maximum atomic E-state index is 11.7. The Bertz CT molecular complexity index is 846. The summed E-state index contributed by atoms with van der Waals surface area (Å²) in [6, 6.07) is 12.5. The van der Waals surface area contributed by atoms with Crippen LogP contribution in [0.5, 0.6) is 0 Å². The standard InChI is InChI=1S/C18H17N3O4S/c22-16(8-9-19-18(23)21-13-5-2-1-3-6-13)24-11-14-12-25-17(20-14)15-7-4-10-26-15/h1-7,10,12H,8-9,11H2,(H2,19,21,23). The number of carbonyl (C=O) groups is 2. The number of ether oxygens (including phenoxy) is 1. The van der Waals surface area contributed by atoms with Crippen LogP contribution in [0.4, 0.5) is 10.5 Å². The molecule has 134 valence electrons. The van der Waals surface area contributed by atoms with Crippen molar-refractivity contribution in [1.82, 2.24) is 10.3 Å². The second-order valence-corrected chi connectivity index (χ2v) is 6.23. The number of anilines is 1. The third kappa shape index (κ3) is 5.18.